The van der Waals surface area contributed by atoms with Crippen LogP contribution in [0.3, 0.4) is 0 Å². The predicted molar refractivity (Wildman–Crippen MR) is 102 cm³/mol. The van der Waals surface area contributed by atoms with Gasteiger partial charge in [-0.15, -0.1) is 13.2 Å². The van der Waals surface area contributed by atoms with Gasteiger partial charge in [-0.05, 0) is 25.7 Å². The van der Waals surface area contributed by atoms with Gasteiger partial charge >= 0.3 is 0 Å². The summed E-state index contributed by atoms with van der Waals surface area (Å²) >= 11 is 0. The van der Waals surface area contributed by atoms with E-state index in [1.165, 1.54) is 16.8 Å². The van der Waals surface area contributed by atoms with Gasteiger partial charge in [0.1, 0.15) is 0 Å². The Morgan fingerprint density at radius 2 is 2.08 bits per heavy atom. The zero-order valence-corrected chi connectivity index (χ0v) is 14.5. The van der Waals surface area contributed by atoms with Gasteiger partial charge in [0, 0.05) is 43.0 Å². The quantitative estimate of drug-likeness (QED) is 0.761. The number of piperazine rings is 1. The van der Waals surface area contributed by atoms with Crippen LogP contribution in [0.25, 0.3) is 0 Å². The van der Waals surface area contributed by atoms with E-state index in [0.29, 0.717) is 0 Å². The number of hydrogen-bond donors (Lipinski definition) is 1. The van der Waals surface area contributed by atoms with E-state index < -0.39 is 0 Å². The van der Waals surface area contributed by atoms with E-state index in [9.17, 15) is 0 Å². The van der Waals surface area contributed by atoms with Gasteiger partial charge in [0.05, 0.1) is 18.0 Å². The van der Waals surface area contributed by atoms with Gasteiger partial charge < -0.3 is 10.2 Å². The molecule has 3 aliphatic rings. The molecule has 0 aromatic rings. The maximum absolute atomic E-state index is 4.67. The first-order valence-corrected chi connectivity index (χ1v) is 8.91. The second-order valence-corrected chi connectivity index (χ2v) is 6.46. The monoisotopic (exact) mass is 324 g/mol. The Labute approximate surface area is 145 Å². The first-order chi connectivity index (χ1) is 11.8. The van der Waals surface area contributed by atoms with E-state index in [1.54, 1.807) is 0 Å². The van der Waals surface area contributed by atoms with Crippen molar-refractivity contribution >= 4 is 6.21 Å². The standard InChI is InChI=1S/C20H28N4/c1-4-6-9-18(5-2)24-16(3)20-17(15-22-24)8-7-10-19(20)23-13-11-21-12-14-23/h4-5,8,15,18,21H,1-3,6-7,9-14H2. The van der Waals surface area contributed by atoms with Crippen molar-refractivity contribution in [2.45, 2.75) is 31.7 Å². The second-order valence-electron chi connectivity index (χ2n) is 6.46. The number of hydrazone groups is 1. The van der Waals surface area contributed by atoms with Crippen LogP contribution in [0, 0.1) is 0 Å². The molecule has 1 fully saturated rings. The number of rotatable bonds is 6. The first-order valence-electron chi connectivity index (χ1n) is 8.91. The van der Waals surface area contributed by atoms with E-state index in [-0.39, 0.29) is 6.04 Å². The Kier molecular flexibility index (Phi) is 5.36. The third-order valence-electron chi connectivity index (χ3n) is 4.96. The highest BCUT2D eigenvalue weighted by Gasteiger charge is 2.30. The molecule has 128 valence electrons. The predicted octanol–water partition coefficient (Wildman–Crippen LogP) is 3.20. The van der Waals surface area contributed by atoms with Crippen LogP contribution in [0.15, 0.2) is 65.6 Å². The van der Waals surface area contributed by atoms with Crippen LogP contribution in [-0.2, 0) is 0 Å². The van der Waals surface area contributed by atoms with E-state index in [0.717, 1.165) is 57.6 Å². The van der Waals surface area contributed by atoms with E-state index in [2.05, 4.69) is 41.1 Å². The zero-order valence-electron chi connectivity index (χ0n) is 14.5. The topological polar surface area (TPSA) is 30.9 Å². The fraction of sp³-hybridized carbons (Fsp3) is 0.450. The molecule has 0 bridgehead atoms. The summed E-state index contributed by atoms with van der Waals surface area (Å²) in [6, 6.07) is 0.159. The number of nitrogens with one attached hydrogen (secondary N) is 1. The lowest BCUT2D eigenvalue weighted by molar-refractivity contribution is 0.274. The van der Waals surface area contributed by atoms with Gasteiger partial charge in [-0.2, -0.15) is 5.10 Å². The Morgan fingerprint density at radius 1 is 1.29 bits per heavy atom. The van der Waals surface area contributed by atoms with Crippen LogP contribution in [0.5, 0.6) is 0 Å². The van der Waals surface area contributed by atoms with Gasteiger partial charge in [-0.3, -0.25) is 5.01 Å². The van der Waals surface area contributed by atoms with Crippen molar-refractivity contribution in [3.63, 3.8) is 0 Å². The van der Waals surface area contributed by atoms with Crippen molar-refractivity contribution in [3.8, 4) is 0 Å². The minimum Gasteiger partial charge on any atom is -0.372 e. The summed E-state index contributed by atoms with van der Waals surface area (Å²) in [5.74, 6) is 0. The summed E-state index contributed by atoms with van der Waals surface area (Å²) in [6.07, 6.45) is 12.3. The summed E-state index contributed by atoms with van der Waals surface area (Å²) in [5, 5.41) is 10.1. The van der Waals surface area contributed by atoms with E-state index >= 15 is 0 Å². The van der Waals surface area contributed by atoms with Crippen LogP contribution in [0.4, 0.5) is 0 Å². The molecular formula is C20H28N4. The smallest absolute Gasteiger partial charge is 0.0706 e. The largest absolute Gasteiger partial charge is 0.372 e. The third-order valence-corrected chi connectivity index (χ3v) is 4.96. The summed E-state index contributed by atoms with van der Waals surface area (Å²) in [6.45, 7) is 16.5. The lowest BCUT2D eigenvalue weighted by atomic mass is 9.90. The van der Waals surface area contributed by atoms with Crippen molar-refractivity contribution in [2.24, 2.45) is 5.10 Å². The molecule has 0 aromatic heterocycles. The molecule has 24 heavy (non-hydrogen) atoms. The van der Waals surface area contributed by atoms with E-state index in [4.69, 9.17) is 0 Å². The maximum Gasteiger partial charge on any atom is 0.0706 e. The molecule has 4 heteroatoms. The molecule has 0 amide bonds. The molecule has 3 rings (SSSR count). The average molecular weight is 324 g/mol. The molecule has 1 unspecified atom stereocenters. The van der Waals surface area contributed by atoms with Crippen molar-refractivity contribution in [1.29, 1.82) is 0 Å². The molecule has 2 aliphatic heterocycles. The third kappa shape index (κ3) is 3.24. The number of hydrogen-bond acceptors (Lipinski definition) is 4. The Morgan fingerprint density at radius 3 is 2.79 bits per heavy atom. The van der Waals surface area contributed by atoms with Gasteiger partial charge in [0.15, 0.2) is 0 Å². The van der Waals surface area contributed by atoms with Crippen LogP contribution in [0.1, 0.15) is 25.7 Å². The zero-order chi connectivity index (χ0) is 16.9. The number of allylic oxidation sites excluding steroid dienone is 4. The Hall–Kier alpha value is -2.07. The van der Waals surface area contributed by atoms with E-state index in [1.807, 2.05) is 23.4 Å². The molecule has 1 atom stereocenters. The Bertz CT molecular complexity index is 605. The highest BCUT2D eigenvalue weighted by Crippen LogP contribution is 2.37. The first kappa shape index (κ1) is 16.8. The molecule has 2 heterocycles. The molecule has 0 aromatic carbocycles. The SMILES string of the molecule is C=CCCC(C=C)N1N=CC2=CCCC(N3CCNCC3)=C2C1=C. The lowest BCUT2D eigenvalue weighted by Gasteiger charge is -2.39. The lowest BCUT2D eigenvalue weighted by Crippen LogP contribution is -2.44. The van der Waals surface area contributed by atoms with Gasteiger partial charge in [0.25, 0.3) is 0 Å². The number of nitrogens with zero attached hydrogens (tertiary/aromatic N) is 3. The summed E-state index contributed by atoms with van der Waals surface area (Å²) in [4.78, 5) is 2.52. The number of fused-ring (bicyclic) bond motifs is 1. The Balaban J connectivity index is 1.91. The molecule has 1 saturated heterocycles. The fourth-order valence-electron chi connectivity index (χ4n) is 3.68. The second kappa shape index (κ2) is 7.67. The van der Waals surface area contributed by atoms with Crippen LogP contribution >= 0.6 is 0 Å². The van der Waals surface area contributed by atoms with Crippen LogP contribution in [-0.4, -0.2) is 48.3 Å². The van der Waals surface area contributed by atoms with Crippen molar-refractivity contribution in [2.75, 3.05) is 26.2 Å². The fourth-order valence-corrected chi connectivity index (χ4v) is 3.68. The molecule has 0 radical (unpaired) electrons. The molecule has 1 N–H and O–H groups in total. The average Bonchev–Trinajstić information content (AvgIpc) is 2.64. The molecule has 4 nitrogen and oxygen atoms in total. The van der Waals surface area contributed by atoms with Gasteiger partial charge in [-0.1, -0.05) is 24.8 Å². The van der Waals surface area contributed by atoms with Gasteiger partial charge in [0.2, 0.25) is 0 Å². The van der Waals surface area contributed by atoms with Crippen molar-refractivity contribution in [1.82, 2.24) is 15.2 Å². The van der Waals surface area contributed by atoms with Crippen LogP contribution in [0.2, 0.25) is 0 Å². The summed E-state index contributed by atoms with van der Waals surface area (Å²) in [5.41, 5.74) is 4.94. The maximum atomic E-state index is 4.67. The highest BCUT2D eigenvalue weighted by atomic mass is 15.5. The summed E-state index contributed by atoms with van der Waals surface area (Å²) < 4.78 is 0. The normalized spacial score (nSPS) is 22.2. The minimum atomic E-state index is 0.159. The summed E-state index contributed by atoms with van der Waals surface area (Å²) in [7, 11) is 0. The van der Waals surface area contributed by atoms with Crippen LogP contribution < -0.4 is 5.32 Å². The molecule has 0 spiro atoms. The van der Waals surface area contributed by atoms with Gasteiger partial charge in [-0.25, -0.2) is 0 Å². The molecule has 0 saturated carbocycles. The van der Waals surface area contributed by atoms with Crippen molar-refractivity contribution in [3.05, 3.63) is 60.5 Å². The molecule has 1 aliphatic carbocycles. The van der Waals surface area contributed by atoms with Crippen molar-refractivity contribution < 1.29 is 0 Å². The highest BCUT2D eigenvalue weighted by molar-refractivity contribution is 5.89. The minimum absolute atomic E-state index is 0.159. The molecular weight excluding hydrogens is 296 g/mol.